The van der Waals surface area contributed by atoms with Gasteiger partial charge in [0.15, 0.2) is 0 Å². The van der Waals surface area contributed by atoms with Crippen LogP contribution >= 0.6 is 23.2 Å². The van der Waals surface area contributed by atoms with E-state index in [4.69, 9.17) is 33.7 Å². The van der Waals surface area contributed by atoms with Crippen molar-refractivity contribution in [2.24, 2.45) is 10.7 Å². The van der Waals surface area contributed by atoms with Crippen LogP contribution in [0.15, 0.2) is 23.2 Å². The molecule has 4 nitrogen and oxygen atoms in total. The fourth-order valence-corrected chi connectivity index (χ4v) is 1.89. The molecule has 1 aliphatic heterocycles. The van der Waals surface area contributed by atoms with Crippen molar-refractivity contribution < 1.29 is 4.74 Å². The molecule has 0 radical (unpaired) electrons. The van der Waals surface area contributed by atoms with Crippen LogP contribution in [0.2, 0.25) is 10.0 Å². The topological polar surface area (TPSA) is 59.6 Å². The van der Waals surface area contributed by atoms with Gasteiger partial charge in [0.2, 0.25) is 0 Å². The first kappa shape index (κ1) is 12.5. The average Bonchev–Trinajstić information content (AvgIpc) is 2.70. The molecule has 6 heteroatoms. The summed E-state index contributed by atoms with van der Waals surface area (Å²) in [5.74, 6) is 0. The SMILES string of the molecule is NC1=N[C@H](CNCc2ccc(Cl)c(Cl)c2)CO1. The van der Waals surface area contributed by atoms with Crippen LogP contribution in [0.25, 0.3) is 0 Å². The van der Waals surface area contributed by atoms with E-state index in [9.17, 15) is 0 Å². The number of hydrogen-bond acceptors (Lipinski definition) is 4. The predicted molar refractivity (Wildman–Crippen MR) is 69.5 cm³/mol. The standard InChI is InChI=1S/C11H13Cl2N3O/c12-9-2-1-7(3-10(9)13)4-15-5-8-6-17-11(14)16-8/h1-3,8,15H,4-6H2,(H2,14,16)/t8-/m1/s1. The lowest BCUT2D eigenvalue weighted by Crippen LogP contribution is -2.26. The molecule has 1 heterocycles. The third-order valence-corrected chi connectivity index (χ3v) is 3.17. The molecule has 1 atom stereocenters. The second kappa shape index (κ2) is 5.58. The highest BCUT2D eigenvalue weighted by molar-refractivity contribution is 6.42. The minimum Gasteiger partial charge on any atom is -0.463 e. The number of aliphatic imine (C=N–C) groups is 1. The highest BCUT2D eigenvalue weighted by Gasteiger charge is 2.15. The summed E-state index contributed by atoms with van der Waals surface area (Å²) in [7, 11) is 0. The fraction of sp³-hybridized carbons (Fsp3) is 0.364. The Morgan fingerprint density at radius 2 is 2.24 bits per heavy atom. The predicted octanol–water partition coefficient (Wildman–Crippen LogP) is 1.80. The molecule has 0 aromatic heterocycles. The van der Waals surface area contributed by atoms with Crippen molar-refractivity contribution in [2.75, 3.05) is 13.2 Å². The lowest BCUT2D eigenvalue weighted by molar-refractivity contribution is 0.309. The van der Waals surface area contributed by atoms with Crippen molar-refractivity contribution in [1.82, 2.24) is 5.32 Å². The molecule has 3 N–H and O–H groups in total. The molecule has 0 spiro atoms. The molecule has 0 fully saturated rings. The fourth-order valence-electron chi connectivity index (χ4n) is 1.57. The minimum absolute atomic E-state index is 0.0952. The van der Waals surface area contributed by atoms with Crippen molar-refractivity contribution in [3.8, 4) is 0 Å². The lowest BCUT2D eigenvalue weighted by Gasteiger charge is -2.08. The second-order valence-corrected chi connectivity index (χ2v) is 4.63. The average molecular weight is 274 g/mol. The number of amidine groups is 1. The number of hydrogen-bond donors (Lipinski definition) is 2. The molecule has 17 heavy (non-hydrogen) atoms. The lowest BCUT2D eigenvalue weighted by atomic mass is 10.2. The maximum Gasteiger partial charge on any atom is 0.282 e. The van der Waals surface area contributed by atoms with Crippen molar-refractivity contribution in [1.29, 1.82) is 0 Å². The van der Waals surface area contributed by atoms with Gasteiger partial charge in [0.1, 0.15) is 12.6 Å². The molecule has 0 bridgehead atoms. The molecule has 0 saturated carbocycles. The Balaban J connectivity index is 1.80. The van der Waals surface area contributed by atoms with Gasteiger partial charge in [-0.25, -0.2) is 4.99 Å². The Labute approximate surface area is 110 Å². The monoisotopic (exact) mass is 273 g/mol. The number of nitrogens with one attached hydrogen (secondary N) is 1. The van der Waals surface area contributed by atoms with E-state index in [-0.39, 0.29) is 12.1 Å². The third-order valence-electron chi connectivity index (χ3n) is 2.43. The maximum atomic E-state index is 5.92. The summed E-state index contributed by atoms with van der Waals surface area (Å²) in [4.78, 5) is 4.11. The van der Waals surface area contributed by atoms with E-state index >= 15 is 0 Å². The summed E-state index contributed by atoms with van der Waals surface area (Å²) < 4.78 is 5.05. The molecule has 0 saturated heterocycles. The molecular formula is C11H13Cl2N3O. The first-order valence-corrected chi connectivity index (χ1v) is 6.01. The molecule has 0 unspecified atom stereocenters. The quantitative estimate of drug-likeness (QED) is 0.880. The third kappa shape index (κ3) is 3.49. The summed E-state index contributed by atoms with van der Waals surface area (Å²) in [6, 6.07) is 5.93. The van der Waals surface area contributed by atoms with Crippen LogP contribution in [-0.2, 0) is 11.3 Å². The Kier molecular flexibility index (Phi) is 4.10. The van der Waals surface area contributed by atoms with Gasteiger partial charge in [0, 0.05) is 13.1 Å². The largest absolute Gasteiger partial charge is 0.463 e. The summed E-state index contributed by atoms with van der Waals surface area (Å²) in [6.45, 7) is 1.98. The number of ether oxygens (including phenoxy) is 1. The van der Waals surface area contributed by atoms with Gasteiger partial charge < -0.3 is 15.8 Å². The van der Waals surface area contributed by atoms with Crippen LogP contribution in [0.1, 0.15) is 5.56 Å². The smallest absolute Gasteiger partial charge is 0.282 e. The zero-order valence-corrected chi connectivity index (χ0v) is 10.6. The van der Waals surface area contributed by atoms with Gasteiger partial charge in [0.05, 0.1) is 10.0 Å². The molecule has 0 amide bonds. The molecule has 92 valence electrons. The molecule has 1 aromatic carbocycles. The van der Waals surface area contributed by atoms with E-state index in [1.807, 2.05) is 12.1 Å². The Morgan fingerprint density at radius 1 is 1.41 bits per heavy atom. The Morgan fingerprint density at radius 3 is 2.88 bits per heavy atom. The Bertz CT molecular complexity index is 437. The summed E-state index contributed by atoms with van der Waals surface area (Å²) >= 11 is 11.8. The summed E-state index contributed by atoms with van der Waals surface area (Å²) in [6.07, 6.45) is 0. The summed E-state index contributed by atoms with van der Waals surface area (Å²) in [5, 5.41) is 4.40. The van der Waals surface area contributed by atoms with Crippen molar-refractivity contribution in [3.05, 3.63) is 33.8 Å². The van der Waals surface area contributed by atoms with E-state index in [1.165, 1.54) is 0 Å². The zero-order valence-electron chi connectivity index (χ0n) is 9.12. The number of nitrogens with zero attached hydrogens (tertiary/aromatic N) is 1. The molecule has 1 aromatic rings. The molecule has 1 aliphatic rings. The normalized spacial score (nSPS) is 18.9. The van der Waals surface area contributed by atoms with Crippen molar-refractivity contribution in [2.45, 2.75) is 12.6 Å². The van der Waals surface area contributed by atoms with Crippen LogP contribution in [-0.4, -0.2) is 25.2 Å². The van der Waals surface area contributed by atoms with E-state index in [0.29, 0.717) is 23.2 Å². The van der Waals surface area contributed by atoms with Crippen LogP contribution in [0.4, 0.5) is 0 Å². The second-order valence-electron chi connectivity index (χ2n) is 3.81. The highest BCUT2D eigenvalue weighted by atomic mass is 35.5. The van der Waals surface area contributed by atoms with Crippen LogP contribution < -0.4 is 11.1 Å². The summed E-state index contributed by atoms with van der Waals surface area (Å²) in [5.41, 5.74) is 6.49. The van der Waals surface area contributed by atoms with Gasteiger partial charge in [0.25, 0.3) is 6.02 Å². The van der Waals surface area contributed by atoms with E-state index < -0.39 is 0 Å². The Hall–Kier alpha value is -0.970. The molecule has 0 aliphatic carbocycles. The van der Waals surface area contributed by atoms with Crippen molar-refractivity contribution in [3.63, 3.8) is 0 Å². The number of halogens is 2. The van der Waals surface area contributed by atoms with Crippen LogP contribution in [0, 0.1) is 0 Å². The van der Waals surface area contributed by atoms with Gasteiger partial charge in [-0.1, -0.05) is 29.3 Å². The van der Waals surface area contributed by atoms with E-state index in [0.717, 1.165) is 12.1 Å². The number of benzene rings is 1. The first-order chi connectivity index (χ1) is 8.15. The van der Waals surface area contributed by atoms with E-state index in [2.05, 4.69) is 10.3 Å². The van der Waals surface area contributed by atoms with Crippen LogP contribution in [0.3, 0.4) is 0 Å². The zero-order chi connectivity index (χ0) is 12.3. The van der Waals surface area contributed by atoms with Gasteiger partial charge >= 0.3 is 0 Å². The number of rotatable bonds is 4. The van der Waals surface area contributed by atoms with Gasteiger partial charge in [-0.3, -0.25) is 0 Å². The van der Waals surface area contributed by atoms with Crippen molar-refractivity contribution >= 4 is 29.2 Å². The van der Waals surface area contributed by atoms with Gasteiger partial charge in [-0.15, -0.1) is 0 Å². The number of nitrogens with two attached hydrogens (primary N) is 1. The van der Waals surface area contributed by atoms with Crippen LogP contribution in [0.5, 0.6) is 0 Å². The molecule has 2 rings (SSSR count). The maximum absolute atomic E-state index is 5.92. The highest BCUT2D eigenvalue weighted by Crippen LogP contribution is 2.22. The minimum atomic E-state index is 0.0952. The first-order valence-electron chi connectivity index (χ1n) is 5.26. The van der Waals surface area contributed by atoms with Gasteiger partial charge in [-0.05, 0) is 17.7 Å². The molecular weight excluding hydrogens is 261 g/mol. The van der Waals surface area contributed by atoms with E-state index in [1.54, 1.807) is 6.07 Å². The van der Waals surface area contributed by atoms with Gasteiger partial charge in [-0.2, -0.15) is 0 Å².